The Morgan fingerprint density at radius 2 is 1.69 bits per heavy atom. The van der Waals surface area contributed by atoms with Crippen molar-refractivity contribution in [2.75, 3.05) is 6.26 Å². The minimum atomic E-state index is -0.264. The molecule has 0 radical (unpaired) electrons. The largest absolute Gasteiger partial charge is 0.207 e. The van der Waals surface area contributed by atoms with E-state index in [9.17, 15) is 4.39 Å². The van der Waals surface area contributed by atoms with Crippen LogP contribution in [0.1, 0.15) is 5.01 Å². The van der Waals surface area contributed by atoms with Crippen LogP contribution in [0.3, 0.4) is 0 Å². The van der Waals surface area contributed by atoms with Crippen LogP contribution in [0.25, 0.3) is 22.0 Å². The minimum absolute atomic E-state index is 0.264. The number of nitrogens with zero attached hydrogens (tertiary/aromatic N) is 4. The van der Waals surface area contributed by atoms with Gasteiger partial charge in [-0.05, 0) is 30.5 Å². The van der Waals surface area contributed by atoms with Crippen molar-refractivity contribution < 1.29 is 4.39 Å². The van der Waals surface area contributed by atoms with Crippen LogP contribution in [0.5, 0.6) is 0 Å². The summed E-state index contributed by atoms with van der Waals surface area (Å²) in [5, 5.41) is 21.0. The predicted molar refractivity (Wildman–Crippen MR) is 106 cm³/mol. The number of hydrogen-bond donors (Lipinski definition) is 0. The third-order valence-electron chi connectivity index (χ3n) is 3.73. The van der Waals surface area contributed by atoms with E-state index < -0.39 is 0 Å². The molecule has 2 aromatic carbocycles. The second kappa shape index (κ2) is 7.69. The maximum atomic E-state index is 13.2. The zero-order valence-electron chi connectivity index (χ0n) is 13.7. The number of thioether (sulfide) groups is 2. The van der Waals surface area contributed by atoms with Gasteiger partial charge in [-0.25, -0.2) is 4.39 Å². The van der Waals surface area contributed by atoms with Crippen LogP contribution in [0.4, 0.5) is 4.39 Å². The van der Waals surface area contributed by atoms with Crippen LogP contribution in [0.15, 0.2) is 57.9 Å². The molecule has 0 bridgehead atoms. The van der Waals surface area contributed by atoms with E-state index >= 15 is 0 Å². The molecule has 0 saturated carbocycles. The fourth-order valence-corrected chi connectivity index (χ4v) is 4.79. The highest BCUT2D eigenvalue weighted by Gasteiger charge is 2.12. The molecule has 0 aliphatic heterocycles. The summed E-state index contributed by atoms with van der Waals surface area (Å²) in [7, 11) is 0. The molecule has 0 fully saturated rings. The topological polar surface area (TPSA) is 51.6 Å². The van der Waals surface area contributed by atoms with Crippen LogP contribution in [-0.4, -0.2) is 26.7 Å². The second-order valence-corrected chi connectivity index (χ2v) is 8.44. The Balaban J connectivity index is 1.68. The van der Waals surface area contributed by atoms with Crippen LogP contribution in [-0.2, 0) is 5.75 Å². The summed E-state index contributed by atoms with van der Waals surface area (Å²) in [5.41, 5.74) is 1.60. The zero-order valence-corrected chi connectivity index (χ0v) is 16.2. The summed E-state index contributed by atoms with van der Waals surface area (Å²) in [4.78, 5) is 0. The maximum absolute atomic E-state index is 13.2. The Bertz CT molecular complexity index is 1050. The van der Waals surface area contributed by atoms with Gasteiger partial charge in [-0.2, -0.15) is 0 Å². The molecule has 4 rings (SSSR count). The van der Waals surface area contributed by atoms with Crippen molar-refractivity contribution in [1.82, 2.24) is 20.4 Å². The summed E-state index contributed by atoms with van der Waals surface area (Å²) in [5.74, 6) is 0.437. The smallest absolute Gasteiger partial charge is 0.174 e. The normalized spacial score (nSPS) is 11.2. The number of rotatable bonds is 5. The Hall–Kier alpha value is -2.03. The van der Waals surface area contributed by atoms with E-state index in [4.69, 9.17) is 0 Å². The molecule has 2 aromatic heterocycles. The molecule has 0 amide bonds. The molecular weight excluding hydrogens is 387 g/mol. The van der Waals surface area contributed by atoms with Crippen molar-refractivity contribution in [3.05, 3.63) is 59.4 Å². The van der Waals surface area contributed by atoms with Gasteiger partial charge in [0, 0.05) is 16.3 Å². The standard InChI is InChI=1S/C18H13FN4S3/c1-24-18-23-20-15(26-18)10-25-17-14-5-3-2-4-13(14)16(21-22-17)11-6-8-12(19)9-7-11/h2-9H,10H2,1H3. The zero-order chi connectivity index (χ0) is 17.9. The molecule has 0 aliphatic carbocycles. The van der Waals surface area contributed by atoms with E-state index in [2.05, 4.69) is 20.4 Å². The van der Waals surface area contributed by atoms with Crippen molar-refractivity contribution in [2.24, 2.45) is 0 Å². The summed E-state index contributed by atoms with van der Waals surface area (Å²) >= 11 is 4.79. The molecule has 0 spiro atoms. The Morgan fingerprint density at radius 3 is 2.42 bits per heavy atom. The van der Waals surface area contributed by atoms with Gasteiger partial charge < -0.3 is 0 Å². The van der Waals surface area contributed by atoms with E-state index in [1.54, 1.807) is 47.0 Å². The van der Waals surface area contributed by atoms with Crippen LogP contribution < -0.4 is 0 Å². The van der Waals surface area contributed by atoms with Crippen LogP contribution >= 0.6 is 34.9 Å². The first-order valence-electron chi connectivity index (χ1n) is 7.75. The van der Waals surface area contributed by atoms with E-state index in [1.165, 1.54) is 12.1 Å². The highest BCUT2D eigenvalue weighted by molar-refractivity contribution is 8.00. The lowest BCUT2D eigenvalue weighted by Crippen LogP contribution is -1.94. The predicted octanol–water partition coefficient (Wildman–Crippen LogP) is 5.30. The third kappa shape index (κ3) is 3.58. The van der Waals surface area contributed by atoms with Crippen molar-refractivity contribution in [2.45, 2.75) is 15.1 Å². The monoisotopic (exact) mass is 400 g/mol. The average molecular weight is 401 g/mol. The molecule has 130 valence electrons. The summed E-state index contributed by atoms with van der Waals surface area (Å²) in [6.45, 7) is 0. The fraction of sp³-hybridized carbons (Fsp3) is 0.111. The van der Waals surface area contributed by atoms with E-state index in [-0.39, 0.29) is 5.82 Å². The molecular formula is C18H13FN4S3. The Labute approximate surface area is 162 Å². The van der Waals surface area contributed by atoms with E-state index in [1.807, 2.05) is 30.5 Å². The lowest BCUT2D eigenvalue weighted by Gasteiger charge is -2.08. The SMILES string of the molecule is CSc1nnc(CSc2nnc(-c3ccc(F)cc3)c3ccccc23)s1. The maximum Gasteiger partial charge on any atom is 0.174 e. The van der Waals surface area contributed by atoms with Gasteiger partial charge >= 0.3 is 0 Å². The molecule has 0 aliphatic rings. The van der Waals surface area contributed by atoms with Gasteiger partial charge in [-0.15, -0.1) is 20.4 Å². The van der Waals surface area contributed by atoms with Crippen molar-refractivity contribution in [3.8, 4) is 11.3 Å². The lowest BCUT2D eigenvalue weighted by atomic mass is 10.1. The van der Waals surface area contributed by atoms with Gasteiger partial charge in [-0.1, -0.05) is 59.1 Å². The third-order valence-corrected chi connectivity index (χ3v) is 6.80. The van der Waals surface area contributed by atoms with E-state index in [0.717, 1.165) is 36.4 Å². The van der Waals surface area contributed by atoms with Gasteiger partial charge in [0.25, 0.3) is 0 Å². The average Bonchev–Trinajstić information content (AvgIpc) is 3.15. The van der Waals surface area contributed by atoms with Crippen LogP contribution in [0.2, 0.25) is 0 Å². The van der Waals surface area contributed by atoms with Crippen LogP contribution in [0, 0.1) is 5.82 Å². The summed E-state index contributed by atoms with van der Waals surface area (Å²) in [6.07, 6.45) is 1.99. The number of benzene rings is 2. The number of hydrogen-bond acceptors (Lipinski definition) is 7. The van der Waals surface area contributed by atoms with Gasteiger partial charge in [0.15, 0.2) is 4.34 Å². The second-order valence-electron chi connectivity index (χ2n) is 5.36. The van der Waals surface area contributed by atoms with Gasteiger partial charge in [-0.3, -0.25) is 0 Å². The molecule has 4 nitrogen and oxygen atoms in total. The highest BCUT2D eigenvalue weighted by Crippen LogP contribution is 2.33. The highest BCUT2D eigenvalue weighted by atomic mass is 32.2. The van der Waals surface area contributed by atoms with Crippen molar-refractivity contribution in [3.63, 3.8) is 0 Å². The quantitative estimate of drug-likeness (QED) is 0.424. The molecule has 0 atom stereocenters. The molecule has 0 unspecified atom stereocenters. The van der Waals surface area contributed by atoms with Gasteiger partial charge in [0.1, 0.15) is 21.5 Å². The summed E-state index contributed by atoms with van der Waals surface area (Å²) in [6, 6.07) is 14.3. The molecule has 26 heavy (non-hydrogen) atoms. The first-order chi connectivity index (χ1) is 12.7. The van der Waals surface area contributed by atoms with E-state index in [0.29, 0.717) is 5.75 Å². The molecule has 0 saturated heterocycles. The van der Waals surface area contributed by atoms with Crippen molar-refractivity contribution in [1.29, 1.82) is 0 Å². The lowest BCUT2D eigenvalue weighted by molar-refractivity contribution is 0.628. The first-order valence-corrected chi connectivity index (χ1v) is 10.8. The molecule has 0 N–H and O–H groups in total. The fourth-order valence-electron chi connectivity index (χ4n) is 2.52. The van der Waals surface area contributed by atoms with Gasteiger partial charge in [0.05, 0.1) is 5.75 Å². The first kappa shape index (κ1) is 17.4. The molecule has 8 heteroatoms. The van der Waals surface area contributed by atoms with Crippen molar-refractivity contribution >= 4 is 45.6 Å². The molecule has 2 heterocycles. The minimum Gasteiger partial charge on any atom is -0.207 e. The molecule has 4 aromatic rings. The van der Waals surface area contributed by atoms with Gasteiger partial charge in [0.2, 0.25) is 0 Å². The Kier molecular flexibility index (Phi) is 5.14. The number of aromatic nitrogens is 4. The number of fused-ring (bicyclic) bond motifs is 1. The number of halogens is 1. The Morgan fingerprint density at radius 1 is 0.923 bits per heavy atom. The summed E-state index contributed by atoms with van der Waals surface area (Å²) < 4.78 is 14.2.